The van der Waals surface area contributed by atoms with Crippen LogP contribution in [0, 0.1) is 0 Å². The van der Waals surface area contributed by atoms with E-state index in [-0.39, 0.29) is 5.91 Å². The van der Waals surface area contributed by atoms with Gasteiger partial charge in [0.25, 0.3) is 0 Å². The molecule has 0 aliphatic heterocycles. The summed E-state index contributed by atoms with van der Waals surface area (Å²) in [5.74, 6) is 1.73. The van der Waals surface area contributed by atoms with E-state index in [0.717, 1.165) is 9.75 Å². The summed E-state index contributed by atoms with van der Waals surface area (Å²) in [6.07, 6.45) is 3.79. The van der Waals surface area contributed by atoms with Crippen molar-refractivity contribution < 1.29 is 14.3 Å². The molecule has 1 aromatic heterocycles. The van der Waals surface area contributed by atoms with Gasteiger partial charge >= 0.3 is 0 Å². The number of ether oxygens (including phenoxy) is 2. The molecule has 120 valence electrons. The maximum Gasteiger partial charge on any atom is 0.221 e. The summed E-state index contributed by atoms with van der Waals surface area (Å²) < 4.78 is 12.2. The minimum atomic E-state index is -0.153. The maximum absolute atomic E-state index is 11.3. The topological polar surface area (TPSA) is 47.6 Å². The first-order valence-electron chi connectivity index (χ1n) is 7.07. The van der Waals surface area contributed by atoms with E-state index in [2.05, 4.69) is 11.9 Å². The Hall–Kier alpha value is -2.53. The third-order valence-electron chi connectivity index (χ3n) is 2.95. The molecule has 1 aromatic carbocycles. The number of hydrogen-bond acceptors (Lipinski definition) is 4. The number of allylic oxidation sites excluding steroid dienone is 1. The molecule has 0 unspecified atom stereocenters. The standard InChI is InChI=1S/C18H19NO3S/c1-5-6-17(18-12(2)7-8-23-18)22-16-10-14(19-13(3)20)9-15(11-16)21-4/h5-11H,2H2,1,3-4H3,(H,19,20)/b6-5-,18-17-. The molecule has 0 saturated heterocycles. The number of methoxy groups -OCH3 is 1. The first kappa shape index (κ1) is 16.8. The molecular weight excluding hydrogens is 310 g/mol. The van der Waals surface area contributed by atoms with Crippen molar-refractivity contribution in [3.05, 3.63) is 51.5 Å². The molecule has 4 nitrogen and oxygen atoms in total. The lowest BCUT2D eigenvalue weighted by Crippen LogP contribution is -2.20. The average molecular weight is 329 g/mol. The monoisotopic (exact) mass is 329 g/mol. The van der Waals surface area contributed by atoms with Crippen LogP contribution in [0.25, 0.3) is 12.3 Å². The number of amides is 1. The molecule has 0 aliphatic carbocycles. The van der Waals surface area contributed by atoms with Gasteiger partial charge in [-0.2, -0.15) is 0 Å². The number of hydrogen-bond donors (Lipinski definition) is 1. The zero-order valence-electron chi connectivity index (χ0n) is 13.4. The van der Waals surface area contributed by atoms with Crippen molar-refractivity contribution in [2.45, 2.75) is 13.8 Å². The molecule has 23 heavy (non-hydrogen) atoms. The molecule has 0 radical (unpaired) electrons. The average Bonchev–Trinajstić information content (AvgIpc) is 2.92. The molecule has 0 fully saturated rings. The Morgan fingerprint density at radius 2 is 2.04 bits per heavy atom. The van der Waals surface area contributed by atoms with E-state index in [1.165, 1.54) is 6.92 Å². The van der Waals surface area contributed by atoms with Crippen LogP contribution in [-0.4, -0.2) is 13.0 Å². The van der Waals surface area contributed by atoms with Crippen molar-refractivity contribution in [2.75, 3.05) is 12.4 Å². The predicted molar refractivity (Wildman–Crippen MR) is 95.2 cm³/mol. The summed E-state index contributed by atoms with van der Waals surface area (Å²) in [4.78, 5) is 11.3. The molecule has 1 amide bonds. The fraction of sp³-hybridized carbons (Fsp3) is 0.167. The van der Waals surface area contributed by atoms with Crippen LogP contribution in [0.15, 0.2) is 41.8 Å². The molecule has 1 N–H and O–H groups in total. The van der Waals surface area contributed by atoms with Crippen LogP contribution < -0.4 is 24.5 Å². The summed E-state index contributed by atoms with van der Waals surface area (Å²) in [5.41, 5.74) is 0.618. The van der Waals surface area contributed by atoms with E-state index in [0.29, 0.717) is 22.9 Å². The highest BCUT2D eigenvalue weighted by Gasteiger charge is 2.07. The first-order valence-corrected chi connectivity index (χ1v) is 7.95. The summed E-state index contributed by atoms with van der Waals surface area (Å²) in [6, 6.07) is 7.21. The van der Waals surface area contributed by atoms with Crippen molar-refractivity contribution >= 4 is 35.3 Å². The van der Waals surface area contributed by atoms with Gasteiger partial charge in [-0.3, -0.25) is 4.79 Å². The summed E-state index contributed by atoms with van der Waals surface area (Å²) in [5, 5.41) is 5.62. The number of carbonyl (C=O) groups excluding carboxylic acids is 1. The Balaban J connectivity index is 2.47. The molecule has 0 atom stereocenters. The summed E-state index contributed by atoms with van der Waals surface area (Å²) in [7, 11) is 1.57. The zero-order valence-corrected chi connectivity index (χ0v) is 14.2. The van der Waals surface area contributed by atoms with E-state index in [1.807, 2.05) is 30.5 Å². The van der Waals surface area contributed by atoms with E-state index < -0.39 is 0 Å². The van der Waals surface area contributed by atoms with Crippen molar-refractivity contribution in [1.82, 2.24) is 0 Å². The Bertz CT molecular complexity index is 836. The Kier molecular flexibility index (Phi) is 5.60. The Labute approximate surface area is 139 Å². The zero-order chi connectivity index (χ0) is 16.8. The number of rotatable bonds is 5. The van der Waals surface area contributed by atoms with Gasteiger partial charge in [0.15, 0.2) is 0 Å². The highest BCUT2D eigenvalue weighted by atomic mass is 32.1. The number of anilines is 1. The van der Waals surface area contributed by atoms with E-state index in [4.69, 9.17) is 9.47 Å². The molecule has 2 aromatic rings. The molecule has 1 heterocycles. The van der Waals surface area contributed by atoms with Crippen LogP contribution in [-0.2, 0) is 4.79 Å². The molecule has 2 rings (SSSR count). The summed E-state index contributed by atoms with van der Waals surface area (Å²) >= 11 is 1.56. The third kappa shape index (κ3) is 4.47. The lowest BCUT2D eigenvalue weighted by Gasteiger charge is -2.11. The molecule has 0 saturated carbocycles. The van der Waals surface area contributed by atoms with Gasteiger partial charge in [-0.25, -0.2) is 0 Å². The van der Waals surface area contributed by atoms with Crippen molar-refractivity contribution in [1.29, 1.82) is 0 Å². The Morgan fingerprint density at radius 3 is 2.61 bits per heavy atom. The van der Waals surface area contributed by atoms with E-state index >= 15 is 0 Å². The number of thiophene rings is 1. The lowest BCUT2D eigenvalue weighted by atomic mass is 10.2. The largest absolute Gasteiger partial charge is 0.497 e. The van der Waals surface area contributed by atoms with Crippen molar-refractivity contribution in [3.8, 4) is 11.5 Å². The maximum atomic E-state index is 11.3. The highest BCUT2D eigenvalue weighted by molar-refractivity contribution is 7.07. The second-order valence-electron chi connectivity index (χ2n) is 4.82. The normalized spacial score (nSPS) is 12.1. The third-order valence-corrected chi connectivity index (χ3v) is 3.92. The molecule has 0 aliphatic rings. The van der Waals surface area contributed by atoms with Gasteiger partial charge in [0, 0.05) is 30.8 Å². The number of nitrogens with one attached hydrogen (secondary N) is 1. The quantitative estimate of drug-likeness (QED) is 0.917. The highest BCUT2D eigenvalue weighted by Crippen LogP contribution is 2.27. The smallest absolute Gasteiger partial charge is 0.221 e. The summed E-state index contributed by atoms with van der Waals surface area (Å²) in [6.45, 7) is 7.39. The van der Waals surface area contributed by atoms with Crippen LogP contribution in [0.5, 0.6) is 11.5 Å². The minimum Gasteiger partial charge on any atom is -0.497 e. The Morgan fingerprint density at radius 1 is 1.30 bits per heavy atom. The molecule has 0 spiro atoms. The predicted octanol–water partition coefficient (Wildman–Crippen LogP) is 2.89. The van der Waals surface area contributed by atoms with Gasteiger partial charge in [-0.1, -0.05) is 12.7 Å². The van der Waals surface area contributed by atoms with Gasteiger partial charge in [0.2, 0.25) is 5.91 Å². The number of benzene rings is 1. The second-order valence-corrected chi connectivity index (χ2v) is 5.74. The number of carbonyl (C=O) groups is 1. The van der Waals surface area contributed by atoms with Crippen LogP contribution in [0.2, 0.25) is 0 Å². The fourth-order valence-corrected chi connectivity index (χ4v) is 2.82. The molecule has 0 bridgehead atoms. The van der Waals surface area contributed by atoms with Crippen LogP contribution in [0.4, 0.5) is 5.69 Å². The lowest BCUT2D eigenvalue weighted by molar-refractivity contribution is -0.114. The second kappa shape index (κ2) is 7.65. The van der Waals surface area contributed by atoms with Crippen LogP contribution >= 0.6 is 11.3 Å². The first-order chi connectivity index (χ1) is 11.0. The van der Waals surface area contributed by atoms with Gasteiger partial charge in [0.1, 0.15) is 17.3 Å². The van der Waals surface area contributed by atoms with Gasteiger partial charge in [-0.05, 0) is 29.7 Å². The van der Waals surface area contributed by atoms with E-state index in [9.17, 15) is 4.79 Å². The fourth-order valence-electron chi connectivity index (χ4n) is 2.01. The van der Waals surface area contributed by atoms with Gasteiger partial charge in [-0.15, -0.1) is 11.3 Å². The van der Waals surface area contributed by atoms with Crippen molar-refractivity contribution in [3.63, 3.8) is 0 Å². The van der Waals surface area contributed by atoms with E-state index in [1.54, 1.807) is 36.6 Å². The molecule has 5 heteroatoms. The minimum absolute atomic E-state index is 0.153. The van der Waals surface area contributed by atoms with Gasteiger partial charge in [0.05, 0.1) is 11.6 Å². The van der Waals surface area contributed by atoms with Crippen LogP contribution in [0.3, 0.4) is 0 Å². The molecular formula is C18H19NO3S. The van der Waals surface area contributed by atoms with Gasteiger partial charge < -0.3 is 14.8 Å². The SMILES string of the molecule is C=c1ccs/c1=C(/C=C\C)Oc1cc(NC(C)=O)cc(OC)c1. The van der Waals surface area contributed by atoms with Crippen LogP contribution in [0.1, 0.15) is 13.8 Å². The van der Waals surface area contributed by atoms with Crippen molar-refractivity contribution in [2.24, 2.45) is 0 Å².